The monoisotopic (exact) mass is 506 g/mol. The van der Waals surface area contributed by atoms with E-state index in [1.807, 2.05) is 61.6 Å². The molecule has 0 spiro atoms. The van der Waals surface area contributed by atoms with Crippen molar-refractivity contribution in [3.8, 4) is 5.75 Å². The lowest BCUT2D eigenvalue weighted by atomic mass is 10.1. The van der Waals surface area contributed by atoms with Crippen molar-refractivity contribution < 1.29 is 14.3 Å². The van der Waals surface area contributed by atoms with Gasteiger partial charge in [0.25, 0.3) is 0 Å². The van der Waals surface area contributed by atoms with Crippen molar-refractivity contribution in [3.05, 3.63) is 76.9 Å². The molecule has 0 saturated heterocycles. The topological polar surface area (TPSA) is 127 Å². The van der Waals surface area contributed by atoms with E-state index < -0.39 is 12.2 Å². The van der Waals surface area contributed by atoms with Gasteiger partial charge in [-0.25, -0.2) is 4.79 Å². The fourth-order valence-electron chi connectivity index (χ4n) is 3.66. The maximum Gasteiger partial charge on any atom is 0.411 e. The number of carbonyl (C=O) groups excluding carboxylic acids is 1. The third-order valence-electron chi connectivity index (χ3n) is 5.57. The van der Waals surface area contributed by atoms with E-state index in [9.17, 15) is 4.79 Å². The second kappa shape index (κ2) is 11.2. The number of aryl methyl sites for hydroxylation is 1. The van der Waals surface area contributed by atoms with Crippen LogP contribution in [0.1, 0.15) is 36.1 Å². The smallest absolute Gasteiger partial charge is 0.411 e. The van der Waals surface area contributed by atoms with E-state index in [0.717, 1.165) is 21.3 Å². The summed E-state index contributed by atoms with van der Waals surface area (Å²) in [6.07, 6.45) is 0.471. The van der Waals surface area contributed by atoms with Gasteiger partial charge in [-0.1, -0.05) is 50.2 Å². The number of benzene rings is 2. The molecule has 0 saturated carbocycles. The number of carbonyl (C=O) groups is 1. The van der Waals surface area contributed by atoms with E-state index in [4.69, 9.17) is 20.6 Å². The molecule has 188 valence electrons. The lowest BCUT2D eigenvalue weighted by Crippen LogP contribution is -2.25. The van der Waals surface area contributed by atoms with Crippen molar-refractivity contribution in [1.29, 1.82) is 5.41 Å². The lowest BCUT2D eigenvalue weighted by Gasteiger charge is -2.20. The average Bonchev–Trinajstić information content (AvgIpc) is 3.45. The van der Waals surface area contributed by atoms with Gasteiger partial charge in [0.15, 0.2) is 6.10 Å². The molecular formula is C26H30N6O3S. The molecule has 5 N–H and O–H groups in total. The van der Waals surface area contributed by atoms with Crippen LogP contribution in [0.5, 0.6) is 5.75 Å². The van der Waals surface area contributed by atoms with Crippen LogP contribution in [0, 0.1) is 5.41 Å². The molecule has 4 rings (SSSR count). The zero-order chi connectivity index (χ0) is 25.7. The molecule has 0 fully saturated rings. The Bertz CT molecular complexity index is 1350. The SMILES string of the molecule is CC(C)NCc1c(NC(=O)OCC(Oc2cccc3sc(C(=N)N)cc23)c2ccccc2)cnn1C. The van der Waals surface area contributed by atoms with Gasteiger partial charge in [0.2, 0.25) is 0 Å². The largest absolute Gasteiger partial charge is 0.481 e. The summed E-state index contributed by atoms with van der Waals surface area (Å²) < 4.78 is 14.6. The Balaban J connectivity index is 1.50. The molecule has 0 radical (unpaired) electrons. The van der Waals surface area contributed by atoms with Crippen LogP contribution in [0.2, 0.25) is 0 Å². The number of nitrogens with two attached hydrogens (primary N) is 1. The first-order valence-electron chi connectivity index (χ1n) is 11.6. The van der Waals surface area contributed by atoms with Crippen LogP contribution in [-0.4, -0.2) is 34.4 Å². The number of hydrogen-bond donors (Lipinski definition) is 4. The van der Waals surface area contributed by atoms with Gasteiger partial charge in [-0.2, -0.15) is 5.10 Å². The zero-order valence-electron chi connectivity index (χ0n) is 20.4. The minimum absolute atomic E-state index is 0.00419. The first kappa shape index (κ1) is 25.2. The molecule has 2 aromatic heterocycles. The number of nitrogens with zero attached hydrogens (tertiary/aromatic N) is 2. The van der Waals surface area contributed by atoms with Gasteiger partial charge < -0.3 is 20.5 Å². The number of amides is 1. The maximum absolute atomic E-state index is 12.7. The highest BCUT2D eigenvalue weighted by Gasteiger charge is 2.20. The molecule has 0 aliphatic heterocycles. The Hall–Kier alpha value is -3.89. The van der Waals surface area contributed by atoms with Crippen molar-refractivity contribution in [2.75, 3.05) is 11.9 Å². The summed E-state index contributed by atoms with van der Waals surface area (Å²) in [6, 6.07) is 17.5. The van der Waals surface area contributed by atoms with E-state index >= 15 is 0 Å². The predicted octanol–water partition coefficient (Wildman–Crippen LogP) is 4.79. The van der Waals surface area contributed by atoms with E-state index in [-0.39, 0.29) is 12.4 Å². The summed E-state index contributed by atoms with van der Waals surface area (Å²) in [5.74, 6) is 0.642. The van der Waals surface area contributed by atoms with Crippen LogP contribution >= 0.6 is 11.3 Å². The Labute approximate surface area is 213 Å². The molecule has 0 aliphatic carbocycles. The Morgan fingerprint density at radius 3 is 2.69 bits per heavy atom. The number of nitrogens with one attached hydrogen (secondary N) is 3. The molecule has 1 unspecified atom stereocenters. The maximum atomic E-state index is 12.7. The van der Waals surface area contributed by atoms with E-state index in [1.54, 1.807) is 10.9 Å². The van der Waals surface area contributed by atoms with Crippen LogP contribution in [0.3, 0.4) is 0 Å². The number of ether oxygens (including phenoxy) is 2. The molecule has 10 heteroatoms. The summed E-state index contributed by atoms with van der Waals surface area (Å²) >= 11 is 1.43. The van der Waals surface area contributed by atoms with Crippen LogP contribution in [0.15, 0.2) is 60.8 Å². The zero-order valence-corrected chi connectivity index (χ0v) is 21.3. The minimum Gasteiger partial charge on any atom is -0.481 e. The summed E-state index contributed by atoms with van der Waals surface area (Å²) in [5, 5.41) is 19.0. The number of amidine groups is 1. The van der Waals surface area contributed by atoms with Gasteiger partial charge in [0.05, 0.1) is 22.5 Å². The van der Waals surface area contributed by atoms with Gasteiger partial charge in [-0.3, -0.25) is 15.4 Å². The molecule has 2 aromatic carbocycles. The summed E-state index contributed by atoms with van der Waals surface area (Å²) in [4.78, 5) is 13.4. The Morgan fingerprint density at radius 2 is 1.97 bits per heavy atom. The highest BCUT2D eigenvalue weighted by molar-refractivity contribution is 7.20. The Kier molecular flexibility index (Phi) is 7.87. The average molecular weight is 507 g/mol. The number of fused-ring (bicyclic) bond motifs is 1. The van der Waals surface area contributed by atoms with E-state index in [0.29, 0.717) is 28.9 Å². The first-order chi connectivity index (χ1) is 17.3. The molecule has 0 bridgehead atoms. The molecular weight excluding hydrogens is 476 g/mol. The van der Waals surface area contributed by atoms with Crippen LogP contribution < -0.4 is 21.1 Å². The second-order valence-corrected chi connectivity index (χ2v) is 9.68. The van der Waals surface area contributed by atoms with Crippen molar-refractivity contribution in [2.24, 2.45) is 12.8 Å². The molecule has 9 nitrogen and oxygen atoms in total. The van der Waals surface area contributed by atoms with Gasteiger partial charge in [0, 0.05) is 29.7 Å². The van der Waals surface area contributed by atoms with Gasteiger partial charge in [-0.15, -0.1) is 11.3 Å². The summed E-state index contributed by atoms with van der Waals surface area (Å²) in [5.41, 5.74) is 8.00. The number of aromatic nitrogens is 2. The summed E-state index contributed by atoms with van der Waals surface area (Å²) in [7, 11) is 1.83. The fourth-order valence-corrected chi connectivity index (χ4v) is 4.60. The fraction of sp³-hybridized carbons (Fsp3) is 0.269. The lowest BCUT2D eigenvalue weighted by molar-refractivity contribution is 0.0910. The molecule has 0 aliphatic rings. The van der Waals surface area contributed by atoms with Gasteiger partial charge in [-0.05, 0) is 23.8 Å². The quantitative estimate of drug-likeness (QED) is 0.181. The third-order valence-corrected chi connectivity index (χ3v) is 6.70. The number of anilines is 1. The van der Waals surface area contributed by atoms with E-state index in [2.05, 4.69) is 29.6 Å². The van der Waals surface area contributed by atoms with Crippen molar-refractivity contribution in [1.82, 2.24) is 15.1 Å². The third kappa shape index (κ3) is 6.02. The number of hydrogen-bond acceptors (Lipinski definition) is 7. The predicted molar refractivity (Wildman–Crippen MR) is 143 cm³/mol. The Morgan fingerprint density at radius 1 is 1.19 bits per heavy atom. The normalized spacial score (nSPS) is 12.0. The standard InChI is InChI=1S/C26H30N6O3S/c1-16(2)29-14-20-19(13-30-32(20)3)31-26(33)34-15-22(17-8-5-4-6-9-17)35-21-10-7-11-23-18(21)12-24(36-23)25(27)28/h4-13,16,22,29H,14-15H2,1-3H3,(H3,27,28)(H,31,33). The van der Waals surface area contributed by atoms with Gasteiger partial charge in [0.1, 0.15) is 18.2 Å². The highest BCUT2D eigenvalue weighted by Crippen LogP contribution is 2.35. The van der Waals surface area contributed by atoms with E-state index in [1.165, 1.54) is 11.3 Å². The van der Waals surface area contributed by atoms with Crippen molar-refractivity contribution in [3.63, 3.8) is 0 Å². The molecule has 1 atom stereocenters. The van der Waals surface area contributed by atoms with Gasteiger partial charge >= 0.3 is 6.09 Å². The molecule has 1 amide bonds. The first-order valence-corrected chi connectivity index (χ1v) is 12.4. The van der Waals surface area contributed by atoms with Crippen LogP contribution in [0.25, 0.3) is 10.1 Å². The summed E-state index contributed by atoms with van der Waals surface area (Å²) in [6.45, 7) is 4.67. The minimum atomic E-state index is -0.592. The molecule has 4 aromatic rings. The number of rotatable bonds is 10. The van der Waals surface area contributed by atoms with Crippen molar-refractivity contribution >= 4 is 39.0 Å². The van der Waals surface area contributed by atoms with Crippen molar-refractivity contribution in [2.45, 2.75) is 32.5 Å². The number of nitrogen functional groups attached to an aromatic ring is 1. The molecule has 2 heterocycles. The molecule has 36 heavy (non-hydrogen) atoms. The van der Waals surface area contributed by atoms with Crippen LogP contribution in [-0.2, 0) is 18.3 Å². The van der Waals surface area contributed by atoms with Crippen LogP contribution in [0.4, 0.5) is 10.5 Å². The highest BCUT2D eigenvalue weighted by atomic mass is 32.1. The second-order valence-electron chi connectivity index (χ2n) is 8.60. The number of thiophene rings is 1.